The number of hydrogen-bond acceptors (Lipinski definition) is 4. The first-order valence-electron chi connectivity index (χ1n) is 6.47. The Hall–Kier alpha value is -1.36. The molecule has 1 fully saturated rings. The highest BCUT2D eigenvalue weighted by Gasteiger charge is 2.36. The highest BCUT2D eigenvalue weighted by molar-refractivity contribution is 7.09. The Labute approximate surface area is 117 Å². The summed E-state index contributed by atoms with van der Waals surface area (Å²) in [6, 6.07) is 14.1. The number of para-hydroxylation sites is 1. The van der Waals surface area contributed by atoms with Gasteiger partial charge in [0.1, 0.15) is 5.75 Å². The third kappa shape index (κ3) is 3.15. The van der Waals surface area contributed by atoms with Crippen molar-refractivity contribution in [3.05, 3.63) is 52.7 Å². The monoisotopic (exact) mass is 275 g/mol. The molecule has 1 N–H and O–H groups in total. The van der Waals surface area contributed by atoms with Crippen molar-refractivity contribution >= 4 is 11.3 Å². The highest BCUT2D eigenvalue weighted by Crippen LogP contribution is 2.26. The lowest BCUT2D eigenvalue weighted by Crippen LogP contribution is -2.55. The summed E-state index contributed by atoms with van der Waals surface area (Å²) in [6.45, 7) is 2.27. The predicted molar refractivity (Wildman–Crippen MR) is 76.6 cm³/mol. The average Bonchev–Trinajstić information content (AvgIpc) is 2.93. The van der Waals surface area contributed by atoms with Gasteiger partial charge in [-0.15, -0.1) is 11.3 Å². The van der Waals surface area contributed by atoms with Gasteiger partial charge < -0.3 is 14.8 Å². The molecule has 2 heterocycles. The van der Waals surface area contributed by atoms with Crippen LogP contribution in [0.2, 0.25) is 0 Å². The van der Waals surface area contributed by atoms with Crippen LogP contribution < -0.4 is 10.1 Å². The van der Waals surface area contributed by atoms with Gasteiger partial charge in [0.15, 0.2) is 0 Å². The van der Waals surface area contributed by atoms with Crippen LogP contribution in [0.1, 0.15) is 4.88 Å². The summed E-state index contributed by atoms with van der Waals surface area (Å²) in [7, 11) is 0. The zero-order valence-electron chi connectivity index (χ0n) is 10.7. The van der Waals surface area contributed by atoms with Crippen LogP contribution in [-0.4, -0.2) is 25.5 Å². The van der Waals surface area contributed by atoms with E-state index in [-0.39, 0.29) is 0 Å². The SMILES string of the molecule is c1ccc(OC2(Cc3cccs3)CNCCO2)cc1. The molecular formula is C15H17NO2S. The van der Waals surface area contributed by atoms with E-state index in [1.165, 1.54) is 4.88 Å². The summed E-state index contributed by atoms with van der Waals surface area (Å²) in [6.07, 6.45) is 0.770. The van der Waals surface area contributed by atoms with Crippen LogP contribution in [-0.2, 0) is 11.2 Å². The van der Waals surface area contributed by atoms with Crippen molar-refractivity contribution in [3.8, 4) is 5.75 Å². The molecule has 0 bridgehead atoms. The second-order valence-corrected chi connectivity index (χ2v) is 5.64. The molecule has 1 atom stereocenters. The molecule has 19 heavy (non-hydrogen) atoms. The van der Waals surface area contributed by atoms with E-state index in [1.54, 1.807) is 11.3 Å². The van der Waals surface area contributed by atoms with E-state index < -0.39 is 5.79 Å². The zero-order valence-corrected chi connectivity index (χ0v) is 11.5. The number of nitrogens with one attached hydrogen (secondary N) is 1. The Bertz CT molecular complexity index is 492. The lowest BCUT2D eigenvalue weighted by Gasteiger charge is -2.37. The van der Waals surface area contributed by atoms with Gasteiger partial charge in [-0.3, -0.25) is 0 Å². The van der Waals surface area contributed by atoms with Gasteiger partial charge in [-0.25, -0.2) is 0 Å². The lowest BCUT2D eigenvalue weighted by atomic mass is 10.1. The molecule has 0 saturated carbocycles. The fraction of sp³-hybridized carbons (Fsp3) is 0.333. The van der Waals surface area contributed by atoms with E-state index in [0.717, 1.165) is 18.7 Å². The van der Waals surface area contributed by atoms with E-state index >= 15 is 0 Å². The normalized spacial score (nSPS) is 23.2. The Morgan fingerprint density at radius 2 is 2.11 bits per heavy atom. The molecule has 1 aliphatic heterocycles. The molecule has 0 radical (unpaired) electrons. The van der Waals surface area contributed by atoms with Gasteiger partial charge in [-0.05, 0) is 23.6 Å². The predicted octanol–water partition coefficient (Wildman–Crippen LogP) is 2.69. The fourth-order valence-corrected chi connectivity index (χ4v) is 3.03. The Kier molecular flexibility index (Phi) is 3.82. The number of benzene rings is 1. The Morgan fingerprint density at radius 1 is 1.21 bits per heavy atom. The molecule has 3 rings (SSSR count). The minimum Gasteiger partial charge on any atom is -0.461 e. The molecule has 0 spiro atoms. The van der Waals surface area contributed by atoms with E-state index in [9.17, 15) is 0 Å². The van der Waals surface area contributed by atoms with Gasteiger partial charge in [-0.1, -0.05) is 24.3 Å². The van der Waals surface area contributed by atoms with E-state index in [4.69, 9.17) is 9.47 Å². The minimum absolute atomic E-state index is 0.593. The van der Waals surface area contributed by atoms with Crippen LogP contribution in [0.3, 0.4) is 0 Å². The topological polar surface area (TPSA) is 30.5 Å². The van der Waals surface area contributed by atoms with Crippen LogP contribution in [0.5, 0.6) is 5.75 Å². The van der Waals surface area contributed by atoms with E-state index in [1.807, 2.05) is 30.3 Å². The molecule has 100 valence electrons. The molecule has 0 amide bonds. The highest BCUT2D eigenvalue weighted by atomic mass is 32.1. The van der Waals surface area contributed by atoms with Gasteiger partial charge in [0, 0.05) is 17.8 Å². The molecule has 3 nitrogen and oxygen atoms in total. The number of thiophene rings is 1. The molecular weight excluding hydrogens is 258 g/mol. The first-order valence-corrected chi connectivity index (χ1v) is 7.35. The summed E-state index contributed by atoms with van der Waals surface area (Å²) >= 11 is 1.74. The van der Waals surface area contributed by atoms with Crippen molar-refractivity contribution in [2.45, 2.75) is 12.2 Å². The molecule has 4 heteroatoms. The van der Waals surface area contributed by atoms with Crippen LogP contribution in [0.4, 0.5) is 0 Å². The molecule has 2 aromatic rings. The van der Waals surface area contributed by atoms with Crippen LogP contribution in [0, 0.1) is 0 Å². The van der Waals surface area contributed by atoms with E-state index in [0.29, 0.717) is 13.2 Å². The maximum absolute atomic E-state index is 6.14. The quantitative estimate of drug-likeness (QED) is 0.930. The van der Waals surface area contributed by atoms with Crippen LogP contribution >= 0.6 is 11.3 Å². The van der Waals surface area contributed by atoms with Crippen molar-refractivity contribution in [1.29, 1.82) is 0 Å². The van der Waals surface area contributed by atoms with Crippen LogP contribution in [0.25, 0.3) is 0 Å². The first kappa shape index (κ1) is 12.7. The minimum atomic E-state index is -0.593. The third-order valence-corrected chi connectivity index (χ3v) is 3.99. The van der Waals surface area contributed by atoms with Gasteiger partial charge in [0.05, 0.1) is 13.2 Å². The van der Waals surface area contributed by atoms with Gasteiger partial charge in [-0.2, -0.15) is 0 Å². The average molecular weight is 275 g/mol. The Balaban J connectivity index is 1.80. The van der Waals surface area contributed by atoms with Crippen LogP contribution in [0.15, 0.2) is 47.8 Å². The zero-order chi connectivity index (χ0) is 13.0. The Morgan fingerprint density at radius 3 is 2.79 bits per heavy atom. The standard InChI is InChI=1S/C15H17NO2S/c1-2-5-13(6-3-1)18-15(12-16-8-9-17-15)11-14-7-4-10-19-14/h1-7,10,16H,8-9,11-12H2. The molecule has 1 aromatic carbocycles. The summed E-state index contributed by atoms with van der Waals surface area (Å²) in [5.74, 6) is 0.257. The van der Waals surface area contributed by atoms with Gasteiger partial charge in [0.25, 0.3) is 0 Å². The fourth-order valence-electron chi connectivity index (χ4n) is 2.24. The van der Waals surface area contributed by atoms with Gasteiger partial charge >= 0.3 is 0 Å². The first-order chi connectivity index (χ1) is 9.36. The van der Waals surface area contributed by atoms with E-state index in [2.05, 4.69) is 22.8 Å². The molecule has 1 aliphatic rings. The number of hydrogen-bond donors (Lipinski definition) is 1. The maximum Gasteiger partial charge on any atom is 0.228 e. The molecule has 1 saturated heterocycles. The maximum atomic E-state index is 6.14. The number of morpholine rings is 1. The lowest BCUT2D eigenvalue weighted by molar-refractivity contribution is -0.193. The summed E-state index contributed by atoms with van der Waals surface area (Å²) in [5.41, 5.74) is 0. The van der Waals surface area contributed by atoms with Gasteiger partial charge in [0.2, 0.25) is 5.79 Å². The largest absolute Gasteiger partial charge is 0.461 e. The van der Waals surface area contributed by atoms with Crippen molar-refractivity contribution < 1.29 is 9.47 Å². The second kappa shape index (κ2) is 5.74. The molecule has 1 aromatic heterocycles. The third-order valence-electron chi connectivity index (χ3n) is 3.11. The van der Waals surface area contributed by atoms with Crippen molar-refractivity contribution in [3.63, 3.8) is 0 Å². The number of rotatable bonds is 4. The number of ether oxygens (including phenoxy) is 2. The van der Waals surface area contributed by atoms with Crippen molar-refractivity contribution in [2.24, 2.45) is 0 Å². The smallest absolute Gasteiger partial charge is 0.228 e. The summed E-state index contributed by atoms with van der Waals surface area (Å²) < 4.78 is 12.1. The second-order valence-electron chi connectivity index (χ2n) is 4.61. The summed E-state index contributed by atoms with van der Waals surface area (Å²) in [4.78, 5) is 1.28. The molecule has 1 unspecified atom stereocenters. The van der Waals surface area contributed by atoms with Crippen molar-refractivity contribution in [2.75, 3.05) is 19.7 Å². The summed E-state index contributed by atoms with van der Waals surface area (Å²) in [5, 5.41) is 5.45. The molecule has 0 aliphatic carbocycles. The van der Waals surface area contributed by atoms with Crippen molar-refractivity contribution in [1.82, 2.24) is 5.32 Å².